The summed E-state index contributed by atoms with van der Waals surface area (Å²) < 4.78 is 12.3. The maximum absolute atomic E-state index is 14.2. The molecule has 3 aliphatic heterocycles. The molecule has 220 valence electrons. The number of hydrogen-bond acceptors (Lipinski definition) is 6. The Kier molecular flexibility index (Phi) is 7.18. The second-order valence-electron chi connectivity index (χ2n) is 11.8. The second-order valence-corrected chi connectivity index (χ2v) is 11.8. The standard InChI is InChI=1S/C34H34N4O5/c39-31(36-24-13-15-26(16-14-24)42-25-11-5-2-6-12-25)28-27-17-18-34(43-27)29(28)33(41)38(21-22-8-7-19-35-20-22)30(34)32(40)37-23-9-3-1-4-10-23/h2,5-8,11-20,23,27-30H,1,3-4,9-10,21H2,(H,36,39)(H,37,40). The number of carbonyl (C=O) groups is 3. The van der Waals surface area contributed by atoms with Crippen molar-refractivity contribution in [2.45, 2.75) is 62.4 Å². The van der Waals surface area contributed by atoms with Gasteiger partial charge in [-0.2, -0.15) is 0 Å². The van der Waals surface area contributed by atoms with E-state index in [1.807, 2.05) is 48.6 Å². The fraction of sp³-hybridized carbons (Fsp3) is 0.353. The van der Waals surface area contributed by atoms with Crippen LogP contribution in [0, 0.1) is 11.8 Å². The molecular formula is C34H34N4O5. The summed E-state index contributed by atoms with van der Waals surface area (Å²) in [5.41, 5.74) is 0.174. The van der Waals surface area contributed by atoms with Crippen molar-refractivity contribution in [1.29, 1.82) is 0 Å². The average molecular weight is 579 g/mol. The summed E-state index contributed by atoms with van der Waals surface area (Å²) in [4.78, 5) is 47.7. The molecule has 9 nitrogen and oxygen atoms in total. The first-order chi connectivity index (χ1) is 21.0. The lowest BCUT2D eigenvalue weighted by atomic mass is 9.74. The summed E-state index contributed by atoms with van der Waals surface area (Å²) in [5, 5.41) is 6.19. The van der Waals surface area contributed by atoms with Crippen molar-refractivity contribution < 1.29 is 23.9 Å². The van der Waals surface area contributed by atoms with Crippen molar-refractivity contribution in [3.05, 3.63) is 96.8 Å². The Balaban J connectivity index is 1.13. The van der Waals surface area contributed by atoms with Gasteiger partial charge in [-0.25, -0.2) is 0 Å². The summed E-state index contributed by atoms with van der Waals surface area (Å²) in [6, 6.07) is 19.4. The number of carbonyl (C=O) groups excluding carboxylic acids is 3. The Morgan fingerprint density at radius 3 is 2.47 bits per heavy atom. The topological polar surface area (TPSA) is 110 Å². The maximum Gasteiger partial charge on any atom is 0.246 e. The molecule has 43 heavy (non-hydrogen) atoms. The molecule has 9 heteroatoms. The zero-order valence-corrected chi connectivity index (χ0v) is 23.7. The van der Waals surface area contributed by atoms with Gasteiger partial charge in [-0.15, -0.1) is 0 Å². The Labute approximate surface area is 250 Å². The molecule has 5 atom stereocenters. The third-order valence-electron chi connectivity index (χ3n) is 9.05. The van der Waals surface area contributed by atoms with Gasteiger partial charge in [0.1, 0.15) is 23.1 Å². The smallest absolute Gasteiger partial charge is 0.246 e. The fourth-order valence-corrected chi connectivity index (χ4v) is 7.11. The van der Waals surface area contributed by atoms with Crippen LogP contribution in [-0.4, -0.2) is 51.4 Å². The number of para-hydroxylation sites is 1. The van der Waals surface area contributed by atoms with E-state index in [-0.39, 0.29) is 30.3 Å². The number of likely N-dealkylation sites (tertiary alicyclic amines) is 1. The van der Waals surface area contributed by atoms with Crippen LogP contribution >= 0.6 is 0 Å². The molecule has 1 aliphatic carbocycles. The molecule has 1 spiro atoms. The first-order valence-electron chi connectivity index (χ1n) is 15.0. The van der Waals surface area contributed by atoms with Crippen molar-refractivity contribution in [3.8, 4) is 11.5 Å². The van der Waals surface area contributed by atoms with Gasteiger partial charge in [0.2, 0.25) is 17.7 Å². The highest BCUT2D eigenvalue weighted by molar-refractivity contribution is 6.02. The van der Waals surface area contributed by atoms with Gasteiger partial charge in [0.15, 0.2) is 0 Å². The van der Waals surface area contributed by atoms with Crippen molar-refractivity contribution >= 4 is 23.4 Å². The lowest BCUT2D eigenvalue weighted by molar-refractivity contribution is -0.142. The monoisotopic (exact) mass is 578 g/mol. The van der Waals surface area contributed by atoms with Crippen molar-refractivity contribution in [3.63, 3.8) is 0 Å². The van der Waals surface area contributed by atoms with Crippen LogP contribution in [-0.2, 0) is 25.7 Å². The highest BCUT2D eigenvalue weighted by atomic mass is 16.5. The summed E-state index contributed by atoms with van der Waals surface area (Å²) in [6.07, 6.45) is 11.6. The highest BCUT2D eigenvalue weighted by Gasteiger charge is 2.72. The third kappa shape index (κ3) is 5.07. The van der Waals surface area contributed by atoms with E-state index < -0.39 is 29.6 Å². The van der Waals surface area contributed by atoms with Crippen molar-refractivity contribution in [2.75, 3.05) is 5.32 Å². The lowest BCUT2D eigenvalue weighted by Gasteiger charge is -2.34. The van der Waals surface area contributed by atoms with Crippen LogP contribution in [0.3, 0.4) is 0 Å². The summed E-state index contributed by atoms with van der Waals surface area (Å²) in [5.74, 6) is -1.05. The molecule has 2 N–H and O–H groups in total. The van der Waals surface area contributed by atoms with Gasteiger partial charge < -0.3 is 25.0 Å². The number of rotatable bonds is 8. The molecule has 0 radical (unpaired) electrons. The van der Waals surface area contributed by atoms with Crippen LogP contribution in [0.25, 0.3) is 0 Å². The van der Waals surface area contributed by atoms with Crippen LogP contribution in [0.4, 0.5) is 5.69 Å². The van der Waals surface area contributed by atoms with Gasteiger partial charge >= 0.3 is 0 Å². The van der Waals surface area contributed by atoms with Crippen molar-refractivity contribution in [2.24, 2.45) is 11.8 Å². The van der Waals surface area contributed by atoms with Gasteiger partial charge in [0.25, 0.3) is 0 Å². The quantitative estimate of drug-likeness (QED) is 0.378. The Morgan fingerprint density at radius 2 is 1.72 bits per heavy atom. The molecule has 7 rings (SSSR count). The van der Waals surface area contributed by atoms with E-state index in [0.29, 0.717) is 17.2 Å². The molecule has 1 aromatic heterocycles. The first-order valence-corrected chi connectivity index (χ1v) is 15.0. The number of hydrogen-bond donors (Lipinski definition) is 2. The van der Waals surface area contributed by atoms with Crippen LogP contribution in [0.1, 0.15) is 37.7 Å². The van der Waals surface area contributed by atoms with E-state index in [4.69, 9.17) is 9.47 Å². The minimum absolute atomic E-state index is 0.0718. The SMILES string of the molecule is O=C(Nc1ccc(Oc2ccccc2)cc1)C1C2C=CC3(O2)C1C(=O)N(Cc1cccnc1)C3C(=O)NC1CCCCC1. The predicted molar refractivity (Wildman–Crippen MR) is 159 cm³/mol. The van der Waals surface area contributed by atoms with Crippen LogP contribution < -0.4 is 15.4 Å². The molecule has 3 amide bonds. The lowest BCUT2D eigenvalue weighted by Crippen LogP contribution is -2.56. The van der Waals surface area contributed by atoms with E-state index in [1.54, 1.807) is 47.6 Å². The molecule has 3 fully saturated rings. The normalized spacial score (nSPS) is 27.6. The number of benzene rings is 2. The minimum Gasteiger partial charge on any atom is -0.457 e. The zero-order chi connectivity index (χ0) is 29.4. The number of nitrogens with zero attached hydrogens (tertiary/aromatic N) is 2. The molecule has 4 aliphatic rings. The van der Waals surface area contributed by atoms with Crippen LogP contribution in [0.15, 0.2) is 91.3 Å². The third-order valence-corrected chi connectivity index (χ3v) is 9.05. The van der Waals surface area contributed by atoms with E-state index >= 15 is 0 Å². The molecular weight excluding hydrogens is 544 g/mol. The summed E-state index contributed by atoms with van der Waals surface area (Å²) in [6.45, 7) is 0.201. The minimum atomic E-state index is -1.21. The molecule has 1 saturated carbocycles. The number of ether oxygens (including phenoxy) is 2. The molecule has 2 saturated heterocycles. The molecule has 2 aromatic carbocycles. The first kappa shape index (κ1) is 27.3. The predicted octanol–water partition coefficient (Wildman–Crippen LogP) is 4.61. The molecule has 4 heterocycles. The molecule has 3 aromatic rings. The van der Waals surface area contributed by atoms with Gasteiger partial charge in [0.05, 0.1) is 17.9 Å². The Hall–Kier alpha value is -4.50. The van der Waals surface area contributed by atoms with Gasteiger partial charge in [-0.1, -0.05) is 55.7 Å². The van der Waals surface area contributed by atoms with Gasteiger partial charge in [0, 0.05) is 30.7 Å². The fourth-order valence-electron chi connectivity index (χ4n) is 7.11. The van der Waals surface area contributed by atoms with E-state index in [0.717, 1.165) is 31.2 Å². The highest BCUT2D eigenvalue weighted by Crippen LogP contribution is 2.55. The second kappa shape index (κ2) is 11.3. The molecule has 5 unspecified atom stereocenters. The van der Waals surface area contributed by atoms with E-state index in [2.05, 4.69) is 15.6 Å². The number of fused-ring (bicyclic) bond motifs is 1. The van der Waals surface area contributed by atoms with Crippen molar-refractivity contribution in [1.82, 2.24) is 15.2 Å². The zero-order valence-electron chi connectivity index (χ0n) is 23.7. The Bertz CT molecular complexity index is 1520. The van der Waals surface area contributed by atoms with Gasteiger partial charge in [-0.3, -0.25) is 19.4 Å². The molecule has 2 bridgehead atoms. The summed E-state index contributed by atoms with van der Waals surface area (Å²) >= 11 is 0. The van der Waals surface area contributed by atoms with E-state index in [9.17, 15) is 14.4 Å². The van der Waals surface area contributed by atoms with Crippen LogP contribution in [0.5, 0.6) is 11.5 Å². The Morgan fingerprint density at radius 1 is 0.953 bits per heavy atom. The van der Waals surface area contributed by atoms with Gasteiger partial charge in [-0.05, 0) is 60.9 Å². The summed E-state index contributed by atoms with van der Waals surface area (Å²) in [7, 11) is 0. The number of amides is 3. The average Bonchev–Trinajstić information content (AvgIpc) is 3.67. The largest absolute Gasteiger partial charge is 0.457 e. The van der Waals surface area contributed by atoms with E-state index in [1.165, 1.54) is 6.42 Å². The number of pyridine rings is 1. The number of anilines is 1. The number of aromatic nitrogens is 1. The van der Waals surface area contributed by atoms with Crippen LogP contribution in [0.2, 0.25) is 0 Å². The maximum atomic E-state index is 14.2. The number of nitrogens with one attached hydrogen (secondary N) is 2.